The highest BCUT2D eigenvalue weighted by molar-refractivity contribution is 6.65. The van der Waals surface area contributed by atoms with Crippen LogP contribution in [0.3, 0.4) is 0 Å². The van der Waals surface area contributed by atoms with Crippen LogP contribution >= 0.6 is 0 Å². The maximum absolute atomic E-state index is 15.1. The van der Waals surface area contributed by atoms with Crippen molar-refractivity contribution in [3.63, 3.8) is 0 Å². The Morgan fingerprint density at radius 2 is 1.32 bits per heavy atom. The summed E-state index contributed by atoms with van der Waals surface area (Å²) in [5.41, 5.74) is 0. The Morgan fingerprint density at radius 3 is 1.68 bits per heavy atom. The molecule has 0 N–H and O–H groups in total. The molecule has 0 spiro atoms. The molecule has 0 aromatic heterocycles. The summed E-state index contributed by atoms with van der Waals surface area (Å²) in [7, 11) is -4.91. The summed E-state index contributed by atoms with van der Waals surface area (Å²) in [6.45, 7) is 3.16. The van der Waals surface area contributed by atoms with Crippen LogP contribution in [-0.2, 0) is 13.3 Å². The molecule has 0 unspecified atom stereocenters. The minimum atomic E-state index is -4.91. The van der Waals surface area contributed by atoms with E-state index in [4.69, 9.17) is 13.3 Å². The van der Waals surface area contributed by atoms with Crippen molar-refractivity contribution in [2.24, 2.45) is 0 Å². The number of rotatable bonds is 7. The van der Waals surface area contributed by atoms with Crippen LogP contribution in [0, 0.1) is 0 Å². The molecule has 0 amide bonds. The summed E-state index contributed by atoms with van der Waals surface area (Å²) in [5, 5.41) is -4.04. The largest absolute Gasteiger partial charge is 0.551 e. The average Bonchev–Trinajstić information content (AvgIpc) is 2.49. The van der Waals surface area contributed by atoms with Gasteiger partial charge in [0.15, 0.2) is 29.5 Å². The molecular weight excluding hydrogens is 334 g/mol. The van der Waals surface area contributed by atoms with Gasteiger partial charge in [0.2, 0.25) is 0 Å². The third-order valence-corrected chi connectivity index (χ3v) is 6.31. The third kappa shape index (κ3) is 2.72. The van der Waals surface area contributed by atoms with E-state index in [0.29, 0.717) is 0 Å². The maximum Gasteiger partial charge on any atom is 0.551 e. The van der Waals surface area contributed by atoms with Gasteiger partial charge in [-0.05, 0) is 20.8 Å². The van der Waals surface area contributed by atoms with Crippen LogP contribution < -0.4 is 0 Å². The first-order valence-electron chi connectivity index (χ1n) is 6.59. The highest BCUT2D eigenvalue weighted by Crippen LogP contribution is 2.49. The Hall–Kier alpha value is -0.843. The fraction of sp³-hybridized carbons (Fsp3) is 0.667. The molecule has 0 aliphatic heterocycles. The van der Waals surface area contributed by atoms with E-state index in [9.17, 15) is 22.0 Å². The van der Waals surface area contributed by atoms with Crippen LogP contribution in [0.1, 0.15) is 20.8 Å². The van der Waals surface area contributed by atoms with Crippen molar-refractivity contribution in [2.75, 3.05) is 19.8 Å². The first-order chi connectivity index (χ1) is 10.2. The molecule has 0 saturated heterocycles. The molecule has 1 rings (SSSR count). The molecule has 1 aliphatic carbocycles. The summed E-state index contributed by atoms with van der Waals surface area (Å²) >= 11 is 0. The molecule has 22 heavy (non-hydrogen) atoms. The van der Waals surface area contributed by atoms with Gasteiger partial charge in [-0.3, -0.25) is 0 Å². The standard InChI is InChI=1S/C12H16F6O3Si/c1-4-19-22(20-5-2,21-6-3)12(18)10(16)8(14)7(13)9(15)11(12)17/h10H,4-6H2,1-3H3/t10-,12-/m1/s1. The Bertz CT molecular complexity index is 466. The summed E-state index contributed by atoms with van der Waals surface area (Å²) in [6.07, 6.45) is -3.48. The molecule has 0 bridgehead atoms. The van der Waals surface area contributed by atoms with Gasteiger partial charge in [0.05, 0.1) is 0 Å². The molecule has 2 atom stereocenters. The molecule has 0 heterocycles. The molecule has 10 heteroatoms. The molecule has 0 aromatic carbocycles. The number of allylic oxidation sites excluding steroid dienone is 4. The lowest BCUT2D eigenvalue weighted by Crippen LogP contribution is -2.68. The lowest BCUT2D eigenvalue weighted by molar-refractivity contribution is -0.0156. The van der Waals surface area contributed by atoms with Crippen LogP contribution in [0.25, 0.3) is 0 Å². The average molecular weight is 350 g/mol. The molecule has 0 saturated carbocycles. The number of hydrogen-bond acceptors (Lipinski definition) is 3. The van der Waals surface area contributed by atoms with Gasteiger partial charge >= 0.3 is 8.80 Å². The van der Waals surface area contributed by atoms with Crippen LogP contribution in [-0.4, -0.2) is 40.1 Å². The van der Waals surface area contributed by atoms with Crippen LogP contribution in [0.4, 0.5) is 26.3 Å². The van der Waals surface area contributed by atoms with Gasteiger partial charge in [0.25, 0.3) is 5.29 Å². The topological polar surface area (TPSA) is 27.7 Å². The second-order valence-corrected chi connectivity index (χ2v) is 6.93. The van der Waals surface area contributed by atoms with Crippen molar-refractivity contribution in [1.29, 1.82) is 0 Å². The lowest BCUT2D eigenvalue weighted by atomic mass is 10.1. The first kappa shape index (κ1) is 19.2. The van der Waals surface area contributed by atoms with Gasteiger partial charge in [-0.2, -0.15) is 0 Å². The molecule has 128 valence electrons. The Labute approximate surface area is 124 Å². The zero-order valence-corrected chi connectivity index (χ0v) is 13.2. The maximum atomic E-state index is 15.1. The van der Waals surface area contributed by atoms with E-state index in [-0.39, 0.29) is 19.8 Å². The predicted molar refractivity (Wildman–Crippen MR) is 67.9 cm³/mol. The minimum Gasteiger partial charge on any atom is -0.372 e. The van der Waals surface area contributed by atoms with E-state index >= 15 is 4.39 Å². The van der Waals surface area contributed by atoms with Crippen molar-refractivity contribution in [2.45, 2.75) is 32.2 Å². The van der Waals surface area contributed by atoms with E-state index < -0.39 is 43.6 Å². The fourth-order valence-electron chi connectivity index (χ4n) is 2.06. The fourth-order valence-corrected chi connectivity index (χ4v) is 4.89. The predicted octanol–water partition coefficient (Wildman–Crippen LogP) is 3.94. The zero-order valence-electron chi connectivity index (χ0n) is 12.2. The van der Waals surface area contributed by atoms with E-state index in [1.807, 2.05) is 0 Å². The monoisotopic (exact) mass is 350 g/mol. The third-order valence-electron chi connectivity index (χ3n) is 2.93. The lowest BCUT2D eigenvalue weighted by Gasteiger charge is -2.40. The van der Waals surface area contributed by atoms with Gasteiger partial charge in [0.1, 0.15) is 0 Å². The molecule has 0 aromatic rings. The second-order valence-electron chi connectivity index (χ2n) is 4.22. The molecule has 0 fully saturated rings. The van der Waals surface area contributed by atoms with Crippen molar-refractivity contribution in [1.82, 2.24) is 0 Å². The smallest absolute Gasteiger partial charge is 0.372 e. The van der Waals surface area contributed by atoms with Crippen molar-refractivity contribution in [3.05, 3.63) is 23.3 Å². The minimum absolute atomic E-state index is 0.298. The van der Waals surface area contributed by atoms with E-state index in [2.05, 4.69) is 0 Å². The van der Waals surface area contributed by atoms with E-state index in [1.165, 1.54) is 20.8 Å². The number of halogens is 6. The van der Waals surface area contributed by atoms with E-state index in [0.717, 1.165) is 0 Å². The van der Waals surface area contributed by atoms with Crippen LogP contribution in [0.5, 0.6) is 0 Å². The summed E-state index contributed by atoms with van der Waals surface area (Å²) in [5.74, 6) is -9.77. The van der Waals surface area contributed by atoms with Gasteiger partial charge < -0.3 is 13.3 Å². The summed E-state index contributed by atoms with van der Waals surface area (Å²) in [6, 6.07) is 0. The molecular formula is C12H16F6O3Si. The van der Waals surface area contributed by atoms with Crippen LogP contribution in [0.2, 0.25) is 0 Å². The molecule has 3 nitrogen and oxygen atoms in total. The first-order valence-corrected chi connectivity index (χ1v) is 8.31. The molecule has 1 aliphatic rings. The molecule has 0 radical (unpaired) electrons. The highest BCUT2D eigenvalue weighted by atomic mass is 28.4. The quantitative estimate of drug-likeness (QED) is 0.514. The second kappa shape index (κ2) is 7.15. The number of hydrogen-bond donors (Lipinski definition) is 0. The number of alkyl halides is 2. The zero-order chi connectivity index (χ0) is 17.1. The van der Waals surface area contributed by atoms with Crippen molar-refractivity contribution in [3.8, 4) is 0 Å². The summed E-state index contributed by atoms with van der Waals surface area (Å²) in [4.78, 5) is 0. The Kier molecular flexibility index (Phi) is 6.24. The van der Waals surface area contributed by atoms with Gasteiger partial charge in [-0.25, -0.2) is 26.3 Å². The van der Waals surface area contributed by atoms with Crippen LogP contribution in [0.15, 0.2) is 23.3 Å². The normalized spacial score (nSPS) is 26.9. The van der Waals surface area contributed by atoms with Gasteiger partial charge in [-0.1, -0.05) is 0 Å². The Morgan fingerprint density at radius 1 is 0.909 bits per heavy atom. The van der Waals surface area contributed by atoms with Gasteiger partial charge in [0, 0.05) is 19.8 Å². The SMILES string of the molecule is CCO[Si](OCC)(OCC)[C@@]1(F)C(F)=C(F)C(F)=C(F)[C@H]1F. The van der Waals surface area contributed by atoms with Crippen molar-refractivity contribution < 1.29 is 39.6 Å². The summed E-state index contributed by atoms with van der Waals surface area (Å²) < 4.78 is 98.0. The Balaban J connectivity index is 3.56. The van der Waals surface area contributed by atoms with E-state index in [1.54, 1.807) is 0 Å². The van der Waals surface area contributed by atoms with Crippen molar-refractivity contribution >= 4 is 8.80 Å². The van der Waals surface area contributed by atoms with Gasteiger partial charge in [-0.15, -0.1) is 0 Å². The highest BCUT2D eigenvalue weighted by Gasteiger charge is 2.74.